The second-order valence-corrected chi connectivity index (χ2v) is 7.05. The van der Waals surface area contributed by atoms with Crippen LogP contribution in [0.2, 0.25) is 0 Å². The van der Waals surface area contributed by atoms with E-state index in [1.165, 1.54) is 19.3 Å². The van der Waals surface area contributed by atoms with E-state index in [-0.39, 0.29) is 11.8 Å². The molecular weight excluding hydrogens is 304 g/mol. The zero-order chi connectivity index (χ0) is 16.8. The maximum atomic E-state index is 12.2. The minimum absolute atomic E-state index is 0.257. The fraction of sp³-hybridized carbons (Fsp3) is 0.722. The lowest BCUT2D eigenvalue weighted by atomic mass is 9.88. The van der Waals surface area contributed by atoms with Crippen molar-refractivity contribution in [1.29, 1.82) is 0 Å². The third kappa shape index (κ3) is 4.66. The van der Waals surface area contributed by atoms with Crippen LogP contribution in [0.4, 0.5) is 0 Å². The smallest absolute Gasteiger partial charge is 0.316 e. The van der Waals surface area contributed by atoms with E-state index in [9.17, 15) is 4.79 Å². The van der Waals surface area contributed by atoms with Crippen LogP contribution in [0.1, 0.15) is 44.1 Å². The number of methoxy groups -OCH3 is 1. The number of rotatable bonds is 6. The van der Waals surface area contributed by atoms with Crippen LogP contribution in [0.5, 0.6) is 6.01 Å². The molecule has 0 aromatic carbocycles. The van der Waals surface area contributed by atoms with Gasteiger partial charge in [0.15, 0.2) is 0 Å². The number of aromatic nitrogens is 2. The first-order valence-electron chi connectivity index (χ1n) is 9.09. The van der Waals surface area contributed by atoms with Gasteiger partial charge in [0, 0.05) is 43.5 Å². The van der Waals surface area contributed by atoms with Gasteiger partial charge in [0.05, 0.1) is 7.11 Å². The molecule has 1 saturated carbocycles. The van der Waals surface area contributed by atoms with E-state index in [2.05, 4.69) is 20.2 Å². The molecule has 3 rings (SSSR count). The van der Waals surface area contributed by atoms with Gasteiger partial charge < -0.3 is 10.1 Å². The first kappa shape index (κ1) is 17.1. The van der Waals surface area contributed by atoms with E-state index in [0.29, 0.717) is 11.9 Å². The highest BCUT2D eigenvalue weighted by Crippen LogP contribution is 2.24. The molecule has 2 fully saturated rings. The average molecular weight is 332 g/mol. The first-order valence-corrected chi connectivity index (χ1v) is 9.09. The average Bonchev–Trinajstić information content (AvgIpc) is 3.08. The molecule has 6 heteroatoms. The van der Waals surface area contributed by atoms with Crippen LogP contribution < -0.4 is 10.1 Å². The highest BCUT2D eigenvalue weighted by molar-refractivity contribution is 5.78. The number of nitrogens with zero attached hydrogens (tertiary/aromatic N) is 3. The van der Waals surface area contributed by atoms with Crippen LogP contribution in [0.3, 0.4) is 0 Å². The summed E-state index contributed by atoms with van der Waals surface area (Å²) in [4.78, 5) is 22.9. The number of nitrogens with one attached hydrogen (secondary N) is 1. The highest BCUT2D eigenvalue weighted by atomic mass is 16.5. The molecule has 1 atom stereocenters. The Bertz CT molecular complexity index is 528. The lowest BCUT2D eigenvalue weighted by molar-refractivity contribution is -0.126. The summed E-state index contributed by atoms with van der Waals surface area (Å²) in [5.74, 6) is 1.08. The van der Waals surface area contributed by atoms with Crippen LogP contribution in [0.25, 0.3) is 0 Å². The van der Waals surface area contributed by atoms with E-state index >= 15 is 0 Å². The Morgan fingerprint density at radius 1 is 1.25 bits per heavy atom. The highest BCUT2D eigenvalue weighted by Gasteiger charge is 2.25. The predicted octanol–water partition coefficient (Wildman–Crippen LogP) is 2.00. The van der Waals surface area contributed by atoms with Crippen molar-refractivity contribution in [2.45, 2.75) is 45.1 Å². The molecule has 2 heterocycles. The topological polar surface area (TPSA) is 67.3 Å². The maximum absolute atomic E-state index is 12.2. The van der Waals surface area contributed by atoms with Gasteiger partial charge in [-0.05, 0) is 31.7 Å². The summed E-state index contributed by atoms with van der Waals surface area (Å²) in [6.07, 6.45) is 10.6. The van der Waals surface area contributed by atoms with Crippen molar-refractivity contribution in [3.8, 4) is 6.01 Å². The Morgan fingerprint density at radius 3 is 2.71 bits per heavy atom. The monoisotopic (exact) mass is 332 g/mol. The molecule has 2 aliphatic rings. The molecule has 1 aromatic rings. The van der Waals surface area contributed by atoms with Crippen LogP contribution in [0, 0.1) is 11.8 Å². The van der Waals surface area contributed by atoms with Crippen LogP contribution in [-0.4, -0.2) is 47.5 Å². The number of carbonyl (C=O) groups excluding carboxylic acids is 1. The van der Waals surface area contributed by atoms with Crippen molar-refractivity contribution >= 4 is 5.91 Å². The molecule has 1 amide bonds. The Morgan fingerprint density at radius 2 is 2.00 bits per heavy atom. The van der Waals surface area contributed by atoms with Gasteiger partial charge >= 0.3 is 6.01 Å². The molecule has 6 nitrogen and oxygen atoms in total. The number of carbonyl (C=O) groups is 1. The maximum Gasteiger partial charge on any atom is 0.316 e. The summed E-state index contributed by atoms with van der Waals surface area (Å²) in [7, 11) is 1.57. The van der Waals surface area contributed by atoms with Gasteiger partial charge in [-0.1, -0.05) is 19.3 Å². The zero-order valence-corrected chi connectivity index (χ0v) is 14.5. The van der Waals surface area contributed by atoms with Gasteiger partial charge in [0.25, 0.3) is 0 Å². The van der Waals surface area contributed by atoms with Crippen molar-refractivity contribution in [3.05, 3.63) is 18.0 Å². The Hall–Kier alpha value is -1.69. The standard InChI is InChI=1S/C18H28N4O2/c1-24-18-20-10-15(11-21-18)13-22-8-7-14(12-22)9-19-17(23)16-5-3-2-4-6-16/h10-11,14,16H,2-9,12-13H2,1H3,(H,19,23)/t14-/m0/s1. The minimum atomic E-state index is 0.257. The number of hydrogen-bond donors (Lipinski definition) is 1. The van der Waals surface area contributed by atoms with Crippen molar-refractivity contribution in [2.75, 3.05) is 26.7 Å². The number of ether oxygens (including phenoxy) is 1. The molecule has 1 aromatic heterocycles. The van der Waals surface area contributed by atoms with Crippen molar-refractivity contribution in [1.82, 2.24) is 20.2 Å². The van der Waals surface area contributed by atoms with Gasteiger partial charge in [-0.2, -0.15) is 0 Å². The molecular formula is C18H28N4O2. The van der Waals surface area contributed by atoms with Gasteiger partial charge in [-0.15, -0.1) is 0 Å². The first-order chi connectivity index (χ1) is 11.7. The van der Waals surface area contributed by atoms with E-state index in [0.717, 1.165) is 51.0 Å². The molecule has 1 N–H and O–H groups in total. The van der Waals surface area contributed by atoms with Gasteiger partial charge in [-0.3, -0.25) is 9.69 Å². The summed E-state index contributed by atoms with van der Waals surface area (Å²) in [5.41, 5.74) is 1.10. The Labute approximate surface area is 144 Å². The third-order valence-corrected chi connectivity index (χ3v) is 5.18. The molecule has 1 saturated heterocycles. The summed E-state index contributed by atoms with van der Waals surface area (Å²) in [6, 6.07) is 0.406. The van der Waals surface area contributed by atoms with E-state index in [1.54, 1.807) is 7.11 Å². The predicted molar refractivity (Wildman–Crippen MR) is 91.6 cm³/mol. The molecule has 24 heavy (non-hydrogen) atoms. The second kappa shape index (κ2) is 8.42. The summed E-state index contributed by atoms with van der Waals surface area (Å²) >= 11 is 0. The minimum Gasteiger partial charge on any atom is -0.467 e. The number of amides is 1. The molecule has 1 aliphatic carbocycles. The lowest BCUT2D eigenvalue weighted by Gasteiger charge is -2.22. The fourth-order valence-electron chi connectivity index (χ4n) is 3.77. The van der Waals surface area contributed by atoms with Gasteiger partial charge in [0.1, 0.15) is 0 Å². The Kier molecular flexibility index (Phi) is 6.01. The number of hydrogen-bond acceptors (Lipinski definition) is 5. The van der Waals surface area contributed by atoms with Crippen LogP contribution in [0.15, 0.2) is 12.4 Å². The Balaban J connectivity index is 1.39. The van der Waals surface area contributed by atoms with Crippen molar-refractivity contribution in [3.63, 3.8) is 0 Å². The van der Waals surface area contributed by atoms with Crippen LogP contribution >= 0.6 is 0 Å². The largest absolute Gasteiger partial charge is 0.467 e. The van der Waals surface area contributed by atoms with Gasteiger partial charge in [0.2, 0.25) is 5.91 Å². The quantitative estimate of drug-likeness (QED) is 0.863. The van der Waals surface area contributed by atoms with Crippen molar-refractivity contribution in [2.24, 2.45) is 11.8 Å². The molecule has 132 valence electrons. The number of likely N-dealkylation sites (tertiary alicyclic amines) is 1. The molecule has 0 radical (unpaired) electrons. The summed E-state index contributed by atoms with van der Waals surface area (Å²) in [6.45, 7) is 3.76. The molecule has 1 aliphatic heterocycles. The molecule has 0 bridgehead atoms. The third-order valence-electron chi connectivity index (χ3n) is 5.18. The van der Waals surface area contributed by atoms with Gasteiger partial charge in [-0.25, -0.2) is 9.97 Å². The summed E-state index contributed by atoms with van der Waals surface area (Å²) in [5, 5.41) is 3.19. The summed E-state index contributed by atoms with van der Waals surface area (Å²) < 4.78 is 4.98. The van der Waals surface area contributed by atoms with Crippen LogP contribution in [-0.2, 0) is 11.3 Å². The molecule has 0 spiro atoms. The zero-order valence-electron chi connectivity index (χ0n) is 14.5. The van der Waals surface area contributed by atoms with Crippen molar-refractivity contribution < 1.29 is 9.53 Å². The fourth-order valence-corrected chi connectivity index (χ4v) is 3.77. The lowest BCUT2D eigenvalue weighted by Crippen LogP contribution is -2.36. The van der Waals surface area contributed by atoms with E-state index < -0.39 is 0 Å². The normalized spacial score (nSPS) is 22.5. The SMILES string of the molecule is COc1ncc(CN2CC[C@@H](CNC(=O)C3CCCCC3)C2)cn1. The molecule has 0 unspecified atom stereocenters. The second-order valence-electron chi connectivity index (χ2n) is 7.05. The van der Waals surface area contributed by atoms with E-state index in [4.69, 9.17) is 4.74 Å². The van der Waals surface area contributed by atoms with E-state index in [1.807, 2.05) is 12.4 Å².